The number of carbonyl (C=O) groups excluding carboxylic acids is 1. The molecule has 1 aliphatic carbocycles. The summed E-state index contributed by atoms with van der Waals surface area (Å²) >= 11 is 0. The third-order valence-electron chi connectivity index (χ3n) is 8.93. The van der Waals surface area contributed by atoms with Crippen LogP contribution in [0.5, 0.6) is 0 Å². The van der Waals surface area contributed by atoms with E-state index in [-0.39, 0.29) is 23.6 Å². The molecule has 1 saturated carbocycles. The number of alkyl halides is 6. The highest BCUT2D eigenvalue weighted by Gasteiger charge is 2.45. The van der Waals surface area contributed by atoms with Crippen LogP contribution in [0.4, 0.5) is 26.3 Å². The average molecular weight is 601 g/mol. The molecule has 3 nitrogen and oxygen atoms in total. The molecule has 2 aliphatic rings. The van der Waals surface area contributed by atoms with Crippen LogP contribution < -0.4 is 5.32 Å². The molecule has 0 radical (unpaired) electrons. The molecule has 1 amide bonds. The van der Waals surface area contributed by atoms with Gasteiger partial charge < -0.3 is 5.32 Å². The molecule has 0 aromatic heterocycles. The Morgan fingerprint density at radius 3 is 1.93 bits per heavy atom. The minimum atomic E-state index is -4.96. The van der Waals surface area contributed by atoms with Crippen molar-refractivity contribution in [1.82, 2.24) is 10.2 Å². The van der Waals surface area contributed by atoms with Gasteiger partial charge in [-0.05, 0) is 79.5 Å². The van der Waals surface area contributed by atoms with E-state index in [0.717, 1.165) is 37.9 Å². The van der Waals surface area contributed by atoms with Crippen LogP contribution in [0.3, 0.4) is 0 Å². The number of hydrogen-bond acceptors (Lipinski definition) is 2. The fourth-order valence-corrected chi connectivity index (χ4v) is 6.44. The number of nitrogens with zero attached hydrogens (tertiary/aromatic N) is 1. The van der Waals surface area contributed by atoms with Crippen LogP contribution in [-0.2, 0) is 22.6 Å². The van der Waals surface area contributed by atoms with E-state index in [1.54, 1.807) is 0 Å². The minimum Gasteiger partial charge on any atom is -0.349 e. The lowest BCUT2D eigenvalue weighted by atomic mass is 9.67. The number of rotatable bonds is 6. The molecule has 0 bridgehead atoms. The maximum Gasteiger partial charge on any atom is 0.416 e. The van der Waals surface area contributed by atoms with Gasteiger partial charge in [0.05, 0.1) is 22.6 Å². The average Bonchev–Trinajstić information content (AvgIpc) is 3.01. The second-order valence-corrected chi connectivity index (χ2v) is 11.6. The van der Waals surface area contributed by atoms with Gasteiger partial charge in [-0.1, -0.05) is 66.7 Å². The van der Waals surface area contributed by atoms with Crippen molar-refractivity contribution in [1.29, 1.82) is 0 Å². The monoisotopic (exact) mass is 600 g/mol. The largest absolute Gasteiger partial charge is 0.416 e. The van der Waals surface area contributed by atoms with Gasteiger partial charge in [0.15, 0.2) is 0 Å². The third-order valence-corrected chi connectivity index (χ3v) is 8.93. The zero-order valence-corrected chi connectivity index (χ0v) is 23.8. The van der Waals surface area contributed by atoms with E-state index in [1.807, 2.05) is 48.5 Å². The normalized spacial score (nSPS) is 22.5. The SMILES string of the molecule is CC(NC(=O)[C@]1(c2ccccc2)CC[C@@H](N2CC=C(c3ccccc3)CC2)CC1)c1cc(C(F)(F)F)cc(C(F)(F)F)c1. The minimum absolute atomic E-state index is 0.101. The molecule has 5 rings (SSSR count). The summed E-state index contributed by atoms with van der Waals surface area (Å²) in [5, 5.41) is 2.78. The highest BCUT2D eigenvalue weighted by Crippen LogP contribution is 2.43. The Kier molecular flexibility index (Phi) is 8.75. The van der Waals surface area contributed by atoms with Gasteiger partial charge in [-0.25, -0.2) is 0 Å². The summed E-state index contributed by atoms with van der Waals surface area (Å²) in [6, 6.07) is 20.2. The van der Waals surface area contributed by atoms with Crippen molar-refractivity contribution in [3.05, 3.63) is 113 Å². The summed E-state index contributed by atoms with van der Waals surface area (Å²) < 4.78 is 80.8. The number of carbonyl (C=O) groups is 1. The summed E-state index contributed by atoms with van der Waals surface area (Å²) in [4.78, 5) is 16.4. The van der Waals surface area contributed by atoms with Gasteiger partial charge >= 0.3 is 12.4 Å². The highest BCUT2D eigenvalue weighted by molar-refractivity contribution is 5.88. The van der Waals surface area contributed by atoms with Gasteiger partial charge in [0.1, 0.15) is 0 Å². The van der Waals surface area contributed by atoms with Crippen molar-refractivity contribution in [2.45, 2.75) is 68.9 Å². The molecular weight excluding hydrogens is 566 g/mol. The Labute approximate surface area is 247 Å². The van der Waals surface area contributed by atoms with Gasteiger partial charge in [0.2, 0.25) is 5.91 Å². The molecular formula is C34H34F6N2O. The Morgan fingerprint density at radius 2 is 1.42 bits per heavy atom. The molecule has 1 heterocycles. The maximum atomic E-state index is 14.0. The smallest absolute Gasteiger partial charge is 0.349 e. The lowest BCUT2D eigenvalue weighted by Crippen LogP contribution is -2.51. The molecule has 3 aromatic rings. The van der Waals surface area contributed by atoms with Crippen molar-refractivity contribution < 1.29 is 31.1 Å². The van der Waals surface area contributed by atoms with Crippen LogP contribution in [0, 0.1) is 0 Å². The van der Waals surface area contributed by atoms with Gasteiger partial charge in [-0.2, -0.15) is 26.3 Å². The van der Waals surface area contributed by atoms with Crippen molar-refractivity contribution in [3.8, 4) is 0 Å². The van der Waals surface area contributed by atoms with Crippen LogP contribution in [-0.4, -0.2) is 29.9 Å². The number of amides is 1. The molecule has 228 valence electrons. The van der Waals surface area contributed by atoms with Gasteiger partial charge in [0.25, 0.3) is 0 Å². The topological polar surface area (TPSA) is 32.3 Å². The molecule has 1 aliphatic heterocycles. The first-order valence-corrected chi connectivity index (χ1v) is 14.5. The fourth-order valence-electron chi connectivity index (χ4n) is 6.44. The van der Waals surface area contributed by atoms with Crippen LogP contribution in [0.2, 0.25) is 0 Å². The van der Waals surface area contributed by atoms with E-state index in [2.05, 4.69) is 28.4 Å². The molecule has 0 saturated heterocycles. The molecule has 0 spiro atoms. The second kappa shape index (κ2) is 12.2. The molecule has 1 unspecified atom stereocenters. The van der Waals surface area contributed by atoms with Gasteiger partial charge in [-0.3, -0.25) is 9.69 Å². The number of benzene rings is 3. The molecule has 1 fully saturated rings. The Morgan fingerprint density at radius 1 is 0.860 bits per heavy atom. The molecule has 1 atom stereocenters. The molecule has 43 heavy (non-hydrogen) atoms. The Balaban J connectivity index is 1.34. The maximum absolute atomic E-state index is 14.0. The van der Waals surface area contributed by atoms with Crippen LogP contribution >= 0.6 is 0 Å². The highest BCUT2D eigenvalue weighted by atomic mass is 19.4. The summed E-state index contributed by atoms with van der Waals surface area (Å²) in [5.41, 5.74) is -0.651. The fraction of sp³-hybridized carbons (Fsp3) is 0.382. The standard InChI is InChI=1S/C34H34F6N2O/c1-23(26-20-28(33(35,36)37)22-29(21-26)34(38,39)40)41-31(43)32(27-10-6-3-7-11-27)16-12-30(13-17-32)42-18-14-25(15-19-42)24-8-4-2-5-9-24/h2-11,14,20-23,30H,12-13,15-19H2,1H3,(H,41,43)/t23?,30-,32-. The molecule has 1 N–H and O–H groups in total. The quantitative estimate of drug-likeness (QED) is 0.288. The third kappa shape index (κ3) is 6.82. The first-order chi connectivity index (χ1) is 20.4. The van der Waals surface area contributed by atoms with E-state index in [4.69, 9.17) is 0 Å². The predicted octanol–water partition coefficient (Wildman–Crippen LogP) is 8.57. The Bertz CT molecular complexity index is 1410. The molecule has 3 aromatic carbocycles. The lowest BCUT2D eigenvalue weighted by molar-refractivity contribution is -0.143. The zero-order valence-electron chi connectivity index (χ0n) is 23.8. The summed E-state index contributed by atoms with van der Waals surface area (Å²) in [5.74, 6) is -0.388. The second-order valence-electron chi connectivity index (χ2n) is 11.6. The summed E-state index contributed by atoms with van der Waals surface area (Å²) in [7, 11) is 0. The molecule has 9 heteroatoms. The van der Waals surface area contributed by atoms with Crippen LogP contribution in [0.15, 0.2) is 84.9 Å². The first-order valence-electron chi connectivity index (χ1n) is 14.5. The summed E-state index contributed by atoms with van der Waals surface area (Å²) in [6.07, 6.45) is -4.22. The van der Waals surface area contributed by atoms with Crippen molar-refractivity contribution in [3.63, 3.8) is 0 Å². The van der Waals surface area contributed by atoms with E-state index in [9.17, 15) is 31.1 Å². The Hall–Kier alpha value is -3.59. The number of nitrogens with one attached hydrogen (secondary N) is 1. The van der Waals surface area contributed by atoms with Crippen LogP contribution in [0.1, 0.15) is 72.9 Å². The van der Waals surface area contributed by atoms with Gasteiger partial charge in [0, 0.05) is 19.1 Å². The first kappa shape index (κ1) is 30.9. The zero-order chi connectivity index (χ0) is 30.8. The van der Waals surface area contributed by atoms with Crippen molar-refractivity contribution in [2.24, 2.45) is 0 Å². The van der Waals surface area contributed by atoms with Crippen molar-refractivity contribution >= 4 is 11.5 Å². The van der Waals surface area contributed by atoms with E-state index < -0.39 is 34.9 Å². The number of halogens is 6. The van der Waals surface area contributed by atoms with Crippen molar-refractivity contribution in [2.75, 3.05) is 13.1 Å². The van der Waals surface area contributed by atoms with E-state index in [1.165, 1.54) is 18.1 Å². The summed E-state index contributed by atoms with van der Waals surface area (Å²) in [6.45, 7) is 3.14. The van der Waals surface area contributed by atoms with Gasteiger partial charge in [-0.15, -0.1) is 0 Å². The lowest BCUT2D eigenvalue weighted by Gasteiger charge is -2.44. The van der Waals surface area contributed by atoms with E-state index >= 15 is 0 Å². The van der Waals surface area contributed by atoms with Crippen LogP contribution in [0.25, 0.3) is 5.57 Å². The number of hydrogen-bond donors (Lipinski definition) is 1. The predicted molar refractivity (Wildman–Crippen MR) is 154 cm³/mol. The van der Waals surface area contributed by atoms with E-state index in [0.29, 0.717) is 25.0 Å².